The zero-order valence-electron chi connectivity index (χ0n) is 9.72. The Morgan fingerprint density at radius 3 is 2.69 bits per heavy atom. The van der Waals surface area contributed by atoms with Crippen LogP contribution in [0.2, 0.25) is 0 Å². The number of aryl methyl sites for hydroxylation is 1. The molecule has 0 spiro atoms. The van der Waals surface area contributed by atoms with Gasteiger partial charge in [-0.3, -0.25) is 4.90 Å². The van der Waals surface area contributed by atoms with E-state index in [4.69, 9.17) is 4.74 Å². The van der Waals surface area contributed by atoms with Gasteiger partial charge in [0.1, 0.15) is 6.10 Å². The van der Waals surface area contributed by atoms with Crippen molar-refractivity contribution in [1.29, 1.82) is 0 Å². The predicted octanol–water partition coefficient (Wildman–Crippen LogP) is 1.86. The predicted molar refractivity (Wildman–Crippen MR) is 62.6 cm³/mol. The van der Waals surface area contributed by atoms with E-state index in [0.29, 0.717) is 6.10 Å². The van der Waals surface area contributed by atoms with Gasteiger partial charge in [-0.2, -0.15) is 0 Å². The Morgan fingerprint density at radius 2 is 2.12 bits per heavy atom. The van der Waals surface area contributed by atoms with Gasteiger partial charge in [0.15, 0.2) is 0 Å². The maximum atomic E-state index is 5.99. The van der Waals surface area contributed by atoms with Crippen LogP contribution in [0.3, 0.4) is 0 Å². The maximum absolute atomic E-state index is 5.99. The maximum Gasteiger partial charge on any atom is 0.213 e. The molecule has 16 heavy (non-hydrogen) atoms. The molecule has 1 aromatic heterocycles. The Morgan fingerprint density at radius 1 is 1.31 bits per heavy atom. The molecular weight excluding hydrogens is 200 g/mol. The van der Waals surface area contributed by atoms with Crippen molar-refractivity contribution >= 4 is 0 Å². The highest BCUT2D eigenvalue weighted by Gasteiger charge is 2.35. The second-order valence-electron chi connectivity index (χ2n) is 4.97. The van der Waals surface area contributed by atoms with Crippen molar-refractivity contribution in [3.05, 3.63) is 23.9 Å². The van der Waals surface area contributed by atoms with Crippen LogP contribution in [0.1, 0.15) is 18.4 Å². The van der Waals surface area contributed by atoms with Crippen LogP contribution in [0.15, 0.2) is 18.3 Å². The van der Waals surface area contributed by atoms with Crippen molar-refractivity contribution in [3.8, 4) is 5.88 Å². The number of nitrogens with zero attached hydrogens (tertiary/aromatic N) is 2. The fraction of sp³-hybridized carbons (Fsp3) is 0.615. The number of hydrogen-bond acceptors (Lipinski definition) is 3. The minimum Gasteiger partial charge on any atom is -0.473 e. The van der Waals surface area contributed by atoms with E-state index in [9.17, 15) is 0 Å². The molecule has 1 atom stereocenters. The summed E-state index contributed by atoms with van der Waals surface area (Å²) in [6, 6.07) is 4.04. The number of aromatic nitrogens is 1. The van der Waals surface area contributed by atoms with Crippen LogP contribution in [0.4, 0.5) is 0 Å². The summed E-state index contributed by atoms with van der Waals surface area (Å²) >= 11 is 0. The van der Waals surface area contributed by atoms with Gasteiger partial charge < -0.3 is 4.74 Å². The van der Waals surface area contributed by atoms with Crippen molar-refractivity contribution in [2.45, 2.75) is 25.9 Å². The van der Waals surface area contributed by atoms with Gasteiger partial charge in [-0.1, -0.05) is 6.07 Å². The Kier molecular flexibility index (Phi) is 2.56. The number of hydrogen-bond donors (Lipinski definition) is 0. The third-order valence-electron chi connectivity index (χ3n) is 3.75. The number of piperidine rings is 3. The molecule has 1 aromatic rings. The summed E-state index contributed by atoms with van der Waals surface area (Å²) in [5, 5.41) is 0. The Balaban J connectivity index is 1.68. The fourth-order valence-corrected chi connectivity index (χ4v) is 2.72. The van der Waals surface area contributed by atoms with Gasteiger partial charge >= 0.3 is 0 Å². The average Bonchev–Trinajstić information content (AvgIpc) is 2.34. The lowest BCUT2D eigenvalue weighted by Gasteiger charge is -2.44. The van der Waals surface area contributed by atoms with E-state index in [-0.39, 0.29) is 0 Å². The topological polar surface area (TPSA) is 25.4 Å². The molecule has 4 heterocycles. The molecule has 86 valence electrons. The molecular formula is C13H18N2O. The molecule has 3 fully saturated rings. The third-order valence-corrected chi connectivity index (χ3v) is 3.75. The van der Waals surface area contributed by atoms with E-state index >= 15 is 0 Å². The van der Waals surface area contributed by atoms with Gasteiger partial charge in [0.25, 0.3) is 0 Å². The minimum absolute atomic E-state index is 0.359. The summed E-state index contributed by atoms with van der Waals surface area (Å²) in [4.78, 5) is 6.81. The molecule has 3 aliphatic rings. The lowest BCUT2D eigenvalue weighted by atomic mass is 9.86. The van der Waals surface area contributed by atoms with Crippen LogP contribution in [-0.2, 0) is 0 Å². The van der Waals surface area contributed by atoms with Gasteiger partial charge in [0, 0.05) is 18.8 Å². The van der Waals surface area contributed by atoms with Crippen molar-refractivity contribution < 1.29 is 4.74 Å². The molecule has 3 heteroatoms. The third kappa shape index (κ3) is 1.92. The molecule has 2 bridgehead atoms. The summed E-state index contributed by atoms with van der Waals surface area (Å²) < 4.78 is 5.99. The van der Waals surface area contributed by atoms with Gasteiger partial charge in [-0.05, 0) is 44.3 Å². The Labute approximate surface area is 96.4 Å². The monoisotopic (exact) mass is 218 g/mol. The lowest BCUT2D eigenvalue weighted by molar-refractivity contribution is -0.00994. The SMILES string of the molecule is Cc1ccc(O[C@H]2CN3CCC2CC3)nc1. The lowest BCUT2D eigenvalue weighted by Crippen LogP contribution is -2.52. The number of pyridine rings is 1. The Bertz CT molecular complexity index is 355. The van der Waals surface area contributed by atoms with E-state index in [1.54, 1.807) is 0 Å². The van der Waals surface area contributed by atoms with Crippen molar-refractivity contribution in [1.82, 2.24) is 9.88 Å². The van der Waals surface area contributed by atoms with Crippen molar-refractivity contribution in [2.75, 3.05) is 19.6 Å². The quantitative estimate of drug-likeness (QED) is 0.757. The van der Waals surface area contributed by atoms with Crippen LogP contribution in [-0.4, -0.2) is 35.6 Å². The second kappa shape index (κ2) is 4.06. The first-order valence-electron chi connectivity index (χ1n) is 6.13. The van der Waals surface area contributed by atoms with Crippen LogP contribution in [0.5, 0.6) is 5.88 Å². The van der Waals surface area contributed by atoms with Crippen molar-refractivity contribution in [3.63, 3.8) is 0 Å². The summed E-state index contributed by atoms with van der Waals surface area (Å²) in [6.07, 6.45) is 4.81. The number of fused-ring (bicyclic) bond motifs is 3. The molecule has 0 amide bonds. The molecule has 3 saturated heterocycles. The first-order chi connectivity index (χ1) is 7.81. The van der Waals surface area contributed by atoms with E-state index in [1.807, 2.05) is 19.2 Å². The van der Waals surface area contributed by atoms with Gasteiger partial charge in [0.2, 0.25) is 5.88 Å². The molecule has 0 unspecified atom stereocenters. The highest BCUT2D eigenvalue weighted by Crippen LogP contribution is 2.30. The minimum atomic E-state index is 0.359. The molecule has 0 aromatic carbocycles. The summed E-state index contributed by atoms with van der Waals surface area (Å²) in [5.74, 6) is 1.53. The van der Waals surface area contributed by atoms with Crippen LogP contribution >= 0.6 is 0 Å². The first-order valence-corrected chi connectivity index (χ1v) is 6.13. The number of rotatable bonds is 2. The summed E-state index contributed by atoms with van der Waals surface area (Å²) in [5.41, 5.74) is 1.18. The van der Waals surface area contributed by atoms with Crippen LogP contribution < -0.4 is 4.74 Å². The van der Waals surface area contributed by atoms with E-state index < -0.39 is 0 Å². The largest absolute Gasteiger partial charge is 0.473 e. The molecule has 0 N–H and O–H groups in total. The molecule has 0 saturated carbocycles. The summed E-state index contributed by atoms with van der Waals surface area (Å²) in [7, 11) is 0. The molecule has 3 nitrogen and oxygen atoms in total. The van der Waals surface area contributed by atoms with Gasteiger partial charge in [-0.25, -0.2) is 4.98 Å². The van der Waals surface area contributed by atoms with Gasteiger partial charge in [0.05, 0.1) is 0 Å². The highest BCUT2D eigenvalue weighted by atomic mass is 16.5. The molecule has 4 rings (SSSR count). The van der Waals surface area contributed by atoms with E-state index in [1.165, 1.54) is 31.5 Å². The van der Waals surface area contributed by atoms with Gasteiger partial charge in [-0.15, -0.1) is 0 Å². The van der Waals surface area contributed by atoms with E-state index in [2.05, 4.69) is 16.0 Å². The number of ether oxygens (including phenoxy) is 1. The van der Waals surface area contributed by atoms with Crippen LogP contribution in [0.25, 0.3) is 0 Å². The molecule has 3 aliphatic heterocycles. The second-order valence-corrected chi connectivity index (χ2v) is 4.97. The standard InChI is InChI=1S/C13H18N2O/c1-10-2-3-13(14-8-10)16-12-9-15-6-4-11(12)5-7-15/h2-3,8,11-12H,4-7,9H2,1H3/t12-/m0/s1. The zero-order valence-corrected chi connectivity index (χ0v) is 9.72. The summed E-state index contributed by atoms with van der Waals surface area (Å²) in [6.45, 7) is 5.64. The smallest absolute Gasteiger partial charge is 0.213 e. The first kappa shape index (κ1) is 10.1. The molecule has 0 aliphatic carbocycles. The Hall–Kier alpha value is -1.09. The normalized spacial score (nSPS) is 32.7. The van der Waals surface area contributed by atoms with E-state index in [0.717, 1.165) is 18.3 Å². The zero-order chi connectivity index (χ0) is 11.0. The average molecular weight is 218 g/mol. The molecule has 0 radical (unpaired) electrons. The highest BCUT2D eigenvalue weighted by molar-refractivity contribution is 5.16. The van der Waals surface area contributed by atoms with Crippen molar-refractivity contribution in [2.24, 2.45) is 5.92 Å². The fourth-order valence-electron chi connectivity index (χ4n) is 2.72. The van der Waals surface area contributed by atoms with Crippen LogP contribution in [0, 0.1) is 12.8 Å².